The van der Waals surface area contributed by atoms with Gasteiger partial charge in [-0.05, 0) is 31.9 Å². The van der Waals surface area contributed by atoms with E-state index in [1.807, 2.05) is 29.3 Å². The second-order valence-corrected chi connectivity index (χ2v) is 8.94. The number of thiazole rings is 1. The van der Waals surface area contributed by atoms with Crippen LogP contribution in [0.25, 0.3) is 11.4 Å². The molecule has 3 aromatic rings. The molecule has 0 bridgehead atoms. The summed E-state index contributed by atoms with van der Waals surface area (Å²) in [6.07, 6.45) is 6.54. The van der Waals surface area contributed by atoms with Crippen molar-refractivity contribution in [1.82, 2.24) is 25.0 Å². The van der Waals surface area contributed by atoms with Crippen molar-refractivity contribution in [2.75, 3.05) is 31.1 Å². The molecule has 0 aromatic carbocycles. The van der Waals surface area contributed by atoms with Crippen LogP contribution in [0, 0.1) is 6.92 Å². The van der Waals surface area contributed by atoms with Gasteiger partial charge in [0, 0.05) is 49.2 Å². The highest BCUT2D eigenvalue weighted by molar-refractivity contribution is 7.09. The highest BCUT2D eigenvalue weighted by Crippen LogP contribution is 2.33. The summed E-state index contributed by atoms with van der Waals surface area (Å²) in [6.45, 7) is 4.73. The molecule has 0 spiro atoms. The van der Waals surface area contributed by atoms with Gasteiger partial charge in [-0.1, -0.05) is 18.0 Å². The normalized spacial score (nSPS) is 17.6. The maximum atomic E-state index is 12.6. The largest absolute Gasteiger partial charge is 0.353 e. The van der Waals surface area contributed by atoms with Gasteiger partial charge in [0.15, 0.2) is 0 Å². The first-order chi connectivity index (χ1) is 14.7. The summed E-state index contributed by atoms with van der Waals surface area (Å²) in [5.74, 6) is 2.67. The third-order valence-corrected chi connectivity index (χ3v) is 6.65. The number of rotatable bonds is 4. The lowest BCUT2D eigenvalue weighted by Crippen LogP contribution is -2.49. The van der Waals surface area contributed by atoms with Gasteiger partial charge in [0.1, 0.15) is 11.5 Å². The van der Waals surface area contributed by atoms with Gasteiger partial charge in [0.2, 0.25) is 11.7 Å². The summed E-state index contributed by atoms with van der Waals surface area (Å²) in [5, 5.41) is 6.89. The molecular weight excluding hydrogens is 400 g/mol. The van der Waals surface area contributed by atoms with Crippen LogP contribution in [0.4, 0.5) is 5.82 Å². The molecule has 5 rings (SSSR count). The molecule has 1 amide bonds. The van der Waals surface area contributed by atoms with Crippen molar-refractivity contribution >= 4 is 23.1 Å². The van der Waals surface area contributed by atoms with Crippen LogP contribution in [0.5, 0.6) is 0 Å². The zero-order chi connectivity index (χ0) is 20.5. The van der Waals surface area contributed by atoms with E-state index in [0.717, 1.165) is 48.2 Å². The topological polar surface area (TPSA) is 88.3 Å². The van der Waals surface area contributed by atoms with Crippen molar-refractivity contribution in [3.63, 3.8) is 0 Å². The Morgan fingerprint density at radius 2 is 1.93 bits per heavy atom. The minimum Gasteiger partial charge on any atom is -0.353 e. The molecule has 9 heteroatoms. The van der Waals surface area contributed by atoms with E-state index in [4.69, 9.17) is 4.52 Å². The van der Waals surface area contributed by atoms with E-state index in [1.54, 1.807) is 6.20 Å². The molecule has 1 aliphatic heterocycles. The van der Waals surface area contributed by atoms with E-state index in [-0.39, 0.29) is 5.91 Å². The van der Waals surface area contributed by atoms with Gasteiger partial charge < -0.3 is 14.3 Å². The molecule has 8 nitrogen and oxygen atoms in total. The predicted octanol–water partition coefficient (Wildman–Crippen LogP) is 3.52. The van der Waals surface area contributed by atoms with E-state index in [1.165, 1.54) is 24.2 Å². The van der Waals surface area contributed by atoms with E-state index < -0.39 is 0 Å². The van der Waals surface area contributed by atoms with Gasteiger partial charge in [0.05, 0.1) is 5.01 Å². The van der Waals surface area contributed by atoms with Gasteiger partial charge in [-0.15, -0.1) is 11.3 Å². The van der Waals surface area contributed by atoms with E-state index in [0.29, 0.717) is 30.5 Å². The lowest BCUT2D eigenvalue weighted by atomic mass is 10.1. The Kier molecular flexibility index (Phi) is 5.20. The Morgan fingerprint density at radius 1 is 1.13 bits per heavy atom. The van der Waals surface area contributed by atoms with Gasteiger partial charge in [-0.3, -0.25) is 4.79 Å². The average Bonchev–Trinajstić information content (AvgIpc) is 3.55. The molecular formula is C21H24N6O2S. The molecule has 3 aromatic heterocycles. The van der Waals surface area contributed by atoms with Crippen molar-refractivity contribution in [2.45, 2.75) is 38.5 Å². The smallest absolute Gasteiger partial charge is 0.273 e. The van der Waals surface area contributed by atoms with Crippen LogP contribution >= 0.6 is 11.3 Å². The minimum absolute atomic E-state index is 0.0116. The minimum atomic E-state index is 0.0116. The SMILES string of the molecule is Cc1nc(C(=O)N2CCN(c3ccc(-c4noc(C5CCCC5)n4)cn3)CC2)cs1. The second kappa shape index (κ2) is 8.14. The van der Waals surface area contributed by atoms with Crippen LogP contribution in [-0.4, -0.2) is 57.1 Å². The predicted molar refractivity (Wildman–Crippen MR) is 114 cm³/mol. The molecule has 2 fully saturated rings. The van der Waals surface area contributed by atoms with Crippen LogP contribution in [0.2, 0.25) is 0 Å². The van der Waals surface area contributed by atoms with Crippen molar-refractivity contribution in [1.29, 1.82) is 0 Å². The highest BCUT2D eigenvalue weighted by atomic mass is 32.1. The number of aromatic nitrogens is 4. The zero-order valence-corrected chi connectivity index (χ0v) is 17.8. The fraction of sp³-hybridized carbons (Fsp3) is 0.476. The number of hydrogen-bond donors (Lipinski definition) is 0. The maximum absolute atomic E-state index is 12.6. The number of hydrogen-bond acceptors (Lipinski definition) is 8. The molecule has 1 saturated heterocycles. The zero-order valence-electron chi connectivity index (χ0n) is 17.0. The molecule has 0 atom stereocenters. The van der Waals surface area contributed by atoms with Crippen LogP contribution in [0.1, 0.15) is 53.0 Å². The Bertz CT molecular complexity index is 1020. The van der Waals surface area contributed by atoms with Gasteiger partial charge in [0.25, 0.3) is 5.91 Å². The average molecular weight is 425 g/mol. The molecule has 0 radical (unpaired) electrons. The van der Waals surface area contributed by atoms with E-state index >= 15 is 0 Å². The second-order valence-electron chi connectivity index (χ2n) is 7.87. The Labute approximate surface area is 178 Å². The number of piperazine rings is 1. The third kappa shape index (κ3) is 3.81. The Balaban J connectivity index is 1.21. The van der Waals surface area contributed by atoms with Crippen molar-refractivity contribution in [2.24, 2.45) is 0 Å². The number of aryl methyl sites for hydroxylation is 1. The number of amides is 1. The fourth-order valence-corrected chi connectivity index (χ4v) is 4.75. The molecule has 2 aliphatic rings. The Morgan fingerprint density at radius 3 is 2.60 bits per heavy atom. The van der Waals surface area contributed by atoms with Crippen molar-refractivity contribution < 1.29 is 9.32 Å². The summed E-state index contributed by atoms with van der Waals surface area (Å²) >= 11 is 1.51. The van der Waals surface area contributed by atoms with E-state index in [2.05, 4.69) is 25.0 Å². The summed E-state index contributed by atoms with van der Waals surface area (Å²) in [6, 6.07) is 3.98. The fourth-order valence-electron chi connectivity index (χ4n) is 4.16. The van der Waals surface area contributed by atoms with Crippen LogP contribution in [0.15, 0.2) is 28.2 Å². The molecule has 0 unspecified atom stereocenters. The first-order valence-corrected chi connectivity index (χ1v) is 11.3. The van der Waals surface area contributed by atoms with Crippen molar-refractivity contribution in [3.8, 4) is 11.4 Å². The van der Waals surface area contributed by atoms with Gasteiger partial charge >= 0.3 is 0 Å². The number of carbonyl (C=O) groups is 1. The molecule has 156 valence electrons. The van der Waals surface area contributed by atoms with Gasteiger partial charge in [-0.25, -0.2) is 9.97 Å². The molecule has 30 heavy (non-hydrogen) atoms. The lowest BCUT2D eigenvalue weighted by molar-refractivity contribution is 0.0741. The first kappa shape index (κ1) is 19.2. The van der Waals surface area contributed by atoms with Gasteiger partial charge in [-0.2, -0.15) is 4.98 Å². The number of nitrogens with zero attached hydrogens (tertiary/aromatic N) is 6. The molecule has 1 aliphatic carbocycles. The summed E-state index contributed by atoms with van der Waals surface area (Å²) < 4.78 is 5.48. The molecule has 4 heterocycles. The number of pyridine rings is 1. The number of carbonyl (C=O) groups excluding carboxylic acids is 1. The monoisotopic (exact) mass is 424 g/mol. The quantitative estimate of drug-likeness (QED) is 0.633. The van der Waals surface area contributed by atoms with Crippen LogP contribution in [-0.2, 0) is 0 Å². The number of anilines is 1. The lowest BCUT2D eigenvalue weighted by Gasteiger charge is -2.35. The maximum Gasteiger partial charge on any atom is 0.273 e. The summed E-state index contributed by atoms with van der Waals surface area (Å²) in [4.78, 5) is 30.1. The molecule has 0 N–H and O–H groups in total. The molecule has 1 saturated carbocycles. The van der Waals surface area contributed by atoms with Crippen LogP contribution < -0.4 is 4.90 Å². The first-order valence-electron chi connectivity index (χ1n) is 10.4. The standard InChI is InChI=1S/C21H24N6O2S/c1-14-23-17(13-30-14)21(28)27-10-8-26(9-11-27)18-7-6-16(12-22-18)19-24-20(29-25-19)15-4-2-3-5-15/h6-7,12-13,15H,2-5,8-11H2,1H3. The Hall–Kier alpha value is -2.81. The van der Waals surface area contributed by atoms with Crippen LogP contribution in [0.3, 0.4) is 0 Å². The third-order valence-electron chi connectivity index (χ3n) is 5.88. The highest BCUT2D eigenvalue weighted by Gasteiger charge is 2.25. The van der Waals surface area contributed by atoms with E-state index in [9.17, 15) is 4.79 Å². The summed E-state index contributed by atoms with van der Waals surface area (Å²) in [7, 11) is 0. The summed E-state index contributed by atoms with van der Waals surface area (Å²) in [5.41, 5.74) is 1.41. The van der Waals surface area contributed by atoms with Crippen molar-refractivity contribution in [3.05, 3.63) is 40.3 Å².